The van der Waals surface area contributed by atoms with E-state index in [-0.39, 0.29) is 28.9 Å². The second-order valence-corrected chi connectivity index (χ2v) is 7.22. The lowest BCUT2D eigenvalue weighted by molar-refractivity contribution is -0.127. The van der Waals surface area contributed by atoms with Crippen LogP contribution in [0.3, 0.4) is 0 Å². The van der Waals surface area contributed by atoms with E-state index in [2.05, 4.69) is 9.97 Å². The number of alkyl halides is 3. The Balaban J connectivity index is 1.77. The van der Waals surface area contributed by atoms with Crippen molar-refractivity contribution in [3.63, 3.8) is 0 Å². The molecule has 0 amide bonds. The Bertz CT molecular complexity index is 898. The molecular weight excluding hydrogens is 359 g/mol. The molecule has 0 bridgehead atoms. The lowest BCUT2D eigenvalue weighted by Gasteiger charge is -2.16. The number of nitrogens with zero attached hydrogens (tertiary/aromatic N) is 2. The van der Waals surface area contributed by atoms with Gasteiger partial charge in [0.05, 0.1) is 6.42 Å². The van der Waals surface area contributed by atoms with Gasteiger partial charge in [0.25, 0.3) is 5.56 Å². The predicted molar refractivity (Wildman–Crippen MR) is 95.2 cm³/mol. The molecule has 1 saturated carbocycles. The summed E-state index contributed by atoms with van der Waals surface area (Å²) in [5, 5.41) is 0. The van der Waals surface area contributed by atoms with Gasteiger partial charge in [-0.2, -0.15) is 13.2 Å². The SMILES string of the molecule is CN(C)c1nc(C(=O)CC2(c3ccc(CC(F)(F)F)cc3)CC2)cc(=O)[nH]1. The molecule has 0 unspecified atom stereocenters. The van der Waals surface area contributed by atoms with Crippen LogP contribution in [0.4, 0.5) is 19.1 Å². The molecule has 1 aliphatic carbocycles. The number of hydrogen-bond donors (Lipinski definition) is 1. The molecule has 1 aromatic carbocycles. The fourth-order valence-corrected chi connectivity index (χ4v) is 3.12. The lowest BCUT2D eigenvalue weighted by Crippen LogP contribution is -2.22. The van der Waals surface area contributed by atoms with Crippen LogP contribution in [0.2, 0.25) is 0 Å². The molecule has 0 saturated heterocycles. The van der Waals surface area contributed by atoms with Crippen molar-refractivity contribution in [2.45, 2.75) is 37.3 Å². The second kappa shape index (κ2) is 6.83. The normalized spacial score (nSPS) is 15.4. The minimum Gasteiger partial charge on any atom is -0.348 e. The summed E-state index contributed by atoms with van der Waals surface area (Å²) in [6.45, 7) is 0. The van der Waals surface area contributed by atoms with Gasteiger partial charge in [0.1, 0.15) is 5.69 Å². The molecule has 0 radical (unpaired) electrons. The predicted octanol–water partition coefficient (Wildman–Crippen LogP) is 3.25. The number of aromatic nitrogens is 2. The van der Waals surface area contributed by atoms with Gasteiger partial charge in [-0.1, -0.05) is 24.3 Å². The summed E-state index contributed by atoms with van der Waals surface area (Å²) in [6, 6.07) is 7.43. The third kappa shape index (κ3) is 4.56. The van der Waals surface area contributed by atoms with Gasteiger partial charge in [0.2, 0.25) is 5.95 Å². The van der Waals surface area contributed by atoms with E-state index in [0.717, 1.165) is 18.4 Å². The molecule has 0 atom stereocenters. The molecule has 1 aliphatic rings. The summed E-state index contributed by atoms with van der Waals surface area (Å²) in [7, 11) is 3.41. The molecule has 1 heterocycles. The van der Waals surface area contributed by atoms with Crippen LogP contribution >= 0.6 is 0 Å². The number of halogens is 3. The third-order valence-corrected chi connectivity index (χ3v) is 4.76. The van der Waals surface area contributed by atoms with Crippen LogP contribution in [0.1, 0.15) is 40.9 Å². The Morgan fingerprint density at radius 3 is 2.37 bits per heavy atom. The molecule has 1 fully saturated rings. The van der Waals surface area contributed by atoms with Crippen LogP contribution in [0.25, 0.3) is 0 Å². The van der Waals surface area contributed by atoms with Crippen LogP contribution < -0.4 is 10.5 Å². The molecule has 1 aromatic heterocycles. The number of anilines is 1. The molecular formula is C19H20F3N3O2. The largest absolute Gasteiger partial charge is 0.393 e. The van der Waals surface area contributed by atoms with Gasteiger partial charge in [-0.3, -0.25) is 14.6 Å². The van der Waals surface area contributed by atoms with Crippen molar-refractivity contribution in [1.29, 1.82) is 0 Å². The molecule has 8 heteroatoms. The number of carbonyl (C=O) groups is 1. The van der Waals surface area contributed by atoms with Crippen molar-refractivity contribution in [2.75, 3.05) is 19.0 Å². The van der Waals surface area contributed by atoms with Crippen molar-refractivity contribution in [1.82, 2.24) is 9.97 Å². The second-order valence-electron chi connectivity index (χ2n) is 7.22. The van der Waals surface area contributed by atoms with E-state index < -0.39 is 18.2 Å². The zero-order chi connectivity index (χ0) is 19.8. The highest BCUT2D eigenvalue weighted by atomic mass is 19.4. The number of H-pyrrole nitrogens is 1. The Hall–Kier alpha value is -2.64. The number of carbonyl (C=O) groups excluding carboxylic acids is 1. The molecule has 144 valence electrons. The zero-order valence-corrected chi connectivity index (χ0v) is 15.1. The lowest BCUT2D eigenvalue weighted by atomic mass is 9.89. The summed E-state index contributed by atoms with van der Waals surface area (Å²) in [6.07, 6.45) is -3.48. The number of Topliss-reactive ketones (excluding diaryl/α,β-unsaturated/α-hetero) is 1. The van der Waals surface area contributed by atoms with Gasteiger partial charge in [-0.25, -0.2) is 4.98 Å². The average Bonchev–Trinajstić information content (AvgIpc) is 3.34. The van der Waals surface area contributed by atoms with Crippen LogP contribution in [0, 0.1) is 0 Å². The summed E-state index contributed by atoms with van der Waals surface area (Å²) in [4.78, 5) is 32.8. The number of ketones is 1. The van der Waals surface area contributed by atoms with Crippen LogP contribution in [-0.2, 0) is 11.8 Å². The monoisotopic (exact) mass is 379 g/mol. The fraction of sp³-hybridized carbons (Fsp3) is 0.421. The average molecular weight is 379 g/mol. The molecule has 2 aromatic rings. The number of aromatic amines is 1. The van der Waals surface area contributed by atoms with Crippen molar-refractivity contribution in [2.24, 2.45) is 0 Å². The standard InChI is InChI=1S/C19H20F3N3O2/c1-25(2)17-23-14(9-16(27)24-17)15(26)11-18(7-8-18)13-5-3-12(4-6-13)10-19(20,21)22/h3-6,9H,7-8,10-11H2,1-2H3,(H,23,24,27). The number of benzene rings is 1. The van der Waals surface area contributed by atoms with Crippen molar-refractivity contribution < 1.29 is 18.0 Å². The Kier molecular flexibility index (Phi) is 4.84. The maximum absolute atomic E-state index is 12.7. The number of rotatable bonds is 6. The topological polar surface area (TPSA) is 66.1 Å². The first-order chi connectivity index (χ1) is 12.6. The van der Waals surface area contributed by atoms with E-state index in [1.807, 2.05) is 0 Å². The van der Waals surface area contributed by atoms with E-state index in [0.29, 0.717) is 5.95 Å². The first-order valence-electron chi connectivity index (χ1n) is 8.56. The summed E-state index contributed by atoms with van der Waals surface area (Å²) in [5.41, 5.74) is 0.358. The molecule has 1 N–H and O–H groups in total. The smallest absolute Gasteiger partial charge is 0.348 e. The first-order valence-corrected chi connectivity index (χ1v) is 8.56. The van der Waals surface area contributed by atoms with E-state index in [4.69, 9.17) is 0 Å². The summed E-state index contributed by atoms with van der Waals surface area (Å²) >= 11 is 0. The minimum atomic E-state index is -4.25. The Morgan fingerprint density at radius 2 is 1.85 bits per heavy atom. The fourth-order valence-electron chi connectivity index (χ4n) is 3.12. The molecule has 0 spiro atoms. The van der Waals surface area contributed by atoms with E-state index in [9.17, 15) is 22.8 Å². The van der Waals surface area contributed by atoms with Crippen molar-refractivity contribution >= 4 is 11.7 Å². The Labute approximate surface area is 154 Å². The van der Waals surface area contributed by atoms with E-state index in [1.54, 1.807) is 31.1 Å². The molecule has 27 heavy (non-hydrogen) atoms. The van der Waals surface area contributed by atoms with Gasteiger partial charge >= 0.3 is 6.18 Å². The molecule has 5 nitrogen and oxygen atoms in total. The maximum Gasteiger partial charge on any atom is 0.393 e. The van der Waals surface area contributed by atoms with Gasteiger partial charge in [0.15, 0.2) is 5.78 Å². The van der Waals surface area contributed by atoms with Gasteiger partial charge in [0, 0.05) is 32.0 Å². The third-order valence-electron chi connectivity index (χ3n) is 4.76. The van der Waals surface area contributed by atoms with Crippen LogP contribution in [0.5, 0.6) is 0 Å². The highest BCUT2D eigenvalue weighted by molar-refractivity contribution is 5.95. The maximum atomic E-state index is 12.7. The number of hydrogen-bond acceptors (Lipinski definition) is 4. The summed E-state index contributed by atoms with van der Waals surface area (Å²) in [5.74, 6) is 0.0493. The quantitative estimate of drug-likeness (QED) is 0.783. The van der Waals surface area contributed by atoms with Crippen molar-refractivity contribution in [3.05, 3.63) is 57.5 Å². The summed E-state index contributed by atoms with van der Waals surface area (Å²) < 4.78 is 37.5. The van der Waals surface area contributed by atoms with Crippen LogP contribution in [-0.4, -0.2) is 36.0 Å². The molecule has 3 rings (SSSR count). The highest BCUT2D eigenvalue weighted by Crippen LogP contribution is 2.51. The molecule has 0 aliphatic heterocycles. The zero-order valence-electron chi connectivity index (χ0n) is 15.1. The first kappa shape index (κ1) is 19.1. The van der Waals surface area contributed by atoms with Crippen molar-refractivity contribution in [3.8, 4) is 0 Å². The van der Waals surface area contributed by atoms with Gasteiger partial charge in [-0.15, -0.1) is 0 Å². The van der Waals surface area contributed by atoms with Gasteiger partial charge in [-0.05, 0) is 24.0 Å². The Morgan fingerprint density at radius 1 is 1.22 bits per heavy atom. The minimum absolute atomic E-state index is 0.0995. The van der Waals surface area contributed by atoms with Crippen LogP contribution in [0.15, 0.2) is 35.1 Å². The highest BCUT2D eigenvalue weighted by Gasteiger charge is 2.46. The van der Waals surface area contributed by atoms with E-state index >= 15 is 0 Å². The van der Waals surface area contributed by atoms with E-state index in [1.165, 1.54) is 18.2 Å². The number of nitrogens with one attached hydrogen (secondary N) is 1. The van der Waals surface area contributed by atoms with Gasteiger partial charge < -0.3 is 4.90 Å².